The standard InChI is InChI=1S/C16H31N3O3.2ClH/c1-3-13-12-19(8-7-18(13)9-10-21-4-2)16(20)15-6-5-14(11-17)22-15;;/h13-15H,3-12,17H2,1-2H3;2*1H/t13?,14-,15+;;/m1../s1. The van der Waals surface area contributed by atoms with Gasteiger partial charge in [-0.2, -0.15) is 0 Å². The molecule has 2 N–H and O–H groups in total. The van der Waals surface area contributed by atoms with Crippen molar-refractivity contribution >= 4 is 30.7 Å². The van der Waals surface area contributed by atoms with Crippen molar-refractivity contribution in [2.45, 2.75) is 51.4 Å². The van der Waals surface area contributed by atoms with E-state index < -0.39 is 0 Å². The number of rotatable bonds is 7. The van der Waals surface area contributed by atoms with E-state index >= 15 is 0 Å². The largest absolute Gasteiger partial charge is 0.380 e. The van der Waals surface area contributed by atoms with Gasteiger partial charge >= 0.3 is 0 Å². The third-order valence-electron chi connectivity index (χ3n) is 4.76. The van der Waals surface area contributed by atoms with Crippen molar-refractivity contribution in [1.82, 2.24) is 9.80 Å². The number of carbonyl (C=O) groups is 1. The van der Waals surface area contributed by atoms with Crippen LogP contribution in [0.4, 0.5) is 0 Å². The maximum Gasteiger partial charge on any atom is 0.251 e. The van der Waals surface area contributed by atoms with Crippen molar-refractivity contribution < 1.29 is 14.3 Å². The zero-order chi connectivity index (χ0) is 15.9. The summed E-state index contributed by atoms with van der Waals surface area (Å²) >= 11 is 0. The van der Waals surface area contributed by atoms with Gasteiger partial charge in [0, 0.05) is 45.4 Å². The van der Waals surface area contributed by atoms with Gasteiger partial charge < -0.3 is 20.1 Å². The number of hydrogen-bond donors (Lipinski definition) is 1. The molecular formula is C16H33Cl2N3O3. The molecule has 1 amide bonds. The van der Waals surface area contributed by atoms with Crippen molar-refractivity contribution in [1.29, 1.82) is 0 Å². The second-order valence-electron chi connectivity index (χ2n) is 6.14. The first kappa shape index (κ1) is 23.9. The summed E-state index contributed by atoms with van der Waals surface area (Å²) in [6, 6.07) is 0.421. The molecule has 0 radical (unpaired) electrons. The Morgan fingerprint density at radius 2 is 2.00 bits per heavy atom. The van der Waals surface area contributed by atoms with E-state index in [0.29, 0.717) is 12.6 Å². The van der Waals surface area contributed by atoms with Crippen LogP contribution in [0.2, 0.25) is 0 Å². The number of nitrogens with two attached hydrogens (primary N) is 1. The Morgan fingerprint density at radius 1 is 1.25 bits per heavy atom. The molecule has 0 aromatic rings. The molecule has 8 heteroatoms. The molecule has 2 fully saturated rings. The monoisotopic (exact) mass is 385 g/mol. The minimum atomic E-state index is -0.277. The number of nitrogens with zero attached hydrogens (tertiary/aromatic N) is 2. The number of halogens is 2. The summed E-state index contributed by atoms with van der Waals surface area (Å²) in [5, 5.41) is 0. The number of ether oxygens (including phenoxy) is 2. The average Bonchev–Trinajstić information content (AvgIpc) is 3.03. The summed E-state index contributed by atoms with van der Waals surface area (Å²) < 4.78 is 11.2. The maximum atomic E-state index is 12.6. The fourth-order valence-corrected chi connectivity index (χ4v) is 3.37. The van der Waals surface area contributed by atoms with Crippen LogP contribution < -0.4 is 5.73 Å². The molecule has 2 saturated heterocycles. The van der Waals surface area contributed by atoms with E-state index in [2.05, 4.69) is 11.8 Å². The van der Waals surface area contributed by atoms with Gasteiger partial charge in [0.05, 0.1) is 12.7 Å². The molecule has 24 heavy (non-hydrogen) atoms. The predicted molar refractivity (Wildman–Crippen MR) is 100 cm³/mol. The summed E-state index contributed by atoms with van der Waals surface area (Å²) in [5.74, 6) is 0.152. The Balaban J connectivity index is 0.00000264. The average molecular weight is 386 g/mol. The van der Waals surface area contributed by atoms with Gasteiger partial charge in [-0.15, -0.1) is 24.8 Å². The van der Waals surface area contributed by atoms with Crippen molar-refractivity contribution in [3.63, 3.8) is 0 Å². The molecule has 2 rings (SSSR count). The fraction of sp³-hybridized carbons (Fsp3) is 0.938. The van der Waals surface area contributed by atoms with E-state index in [-0.39, 0.29) is 42.9 Å². The molecule has 0 saturated carbocycles. The molecule has 0 spiro atoms. The third-order valence-corrected chi connectivity index (χ3v) is 4.76. The molecule has 0 aliphatic carbocycles. The van der Waals surface area contributed by atoms with Gasteiger partial charge in [-0.1, -0.05) is 6.92 Å². The minimum Gasteiger partial charge on any atom is -0.380 e. The quantitative estimate of drug-likeness (QED) is 0.668. The van der Waals surface area contributed by atoms with Crippen molar-refractivity contribution in [2.75, 3.05) is 45.9 Å². The second kappa shape index (κ2) is 12.3. The molecule has 2 heterocycles. The zero-order valence-electron chi connectivity index (χ0n) is 14.8. The molecule has 2 aliphatic heterocycles. The first-order valence-corrected chi connectivity index (χ1v) is 8.65. The highest BCUT2D eigenvalue weighted by molar-refractivity contribution is 5.85. The van der Waals surface area contributed by atoms with Crippen LogP contribution in [0.1, 0.15) is 33.1 Å². The molecule has 2 aliphatic rings. The van der Waals surface area contributed by atoms with Crippen LogP contribution in [0.3, 0.4) is 0 Å². The lowest BCUT2D eigenvalue weighted by Crippen LogP contribution is -2.56. The highest BCUT2D eigenvalue weighted by Crippen LogP contribution is 2.22. The summed E-state index contributed by atoms with van der Waals surface area (Å²) in [6.07, 6.45) is 2.54. The van der Waals surface area contributed by atoms with E-state index in [9.17, 15) is 4.79 Å². The number of amides is 1. The van der Waals surface area contributed by atoms with E-state index in [4.69, 9.17) is 15.2 Å². The molecule has 0 aromatic heterocycles. The van der Waals surface area contributed by atoms with Crippen LogP contribution >= 0.6 is 24.8 Å². The number of hydrogen-bond acceptors (Lipinski definition) is 5. The van der Waals surface area contributed by atoms with Crippen molar-refractivity contribution in [3.05, 3.63) is 0 Å². The third kappa shape index (κ3) is 6.32. The van der Waals surface area contributed by atoms with Crippen LogP contribution in [-0.4, -0.2) is 79.9 Å². The van der Waals surface area contributed by atoms with E-state index in [1.165, 1.54) is 0 Å². The van der Waals surface area contributed by atoms with E-state index in [1.54, 1.807) is 0 Å². The normalized spacial score (nSPS) is 27.5. The van der Waals surface area contributed by atoms with Crippen LogP contribution in [-0.2, 0) is 14.3 Å². The lowest BCUT2D eigenvalue weighted by molar-refractivity contribution is -0.146. The van der Waals surface area contributed by atoms with Crippen LogP contribution in [0.15, 0.2) is 0 Å². The summed E-state index contributed by atoms with van der Waals surface area (Å²) in [7, 11) is 0. The van der Waals surface area contributed by atoms with Crippen molar-refractivity contribution in [2.24, 2.45) is 5.73 Å². The van der Waals surface area contributed by atoms with Crippen LogP contribution in [0.5, 0.6) is 0 Å². The van der Waals surface area contributed by atoms with Gasteiger partial charge in [0.15, 0.2) is 0 Å². The van der Waals surface area contributed by atoms with Gasteiger partial charge in [-0.25, -0.2) is 0 Å². The molecule has 0 bridgehead atoms. The van der Waals surface area contributed by atoms with E-state index in [1.807, 2.05) is 11.8 Å². The lowest BCUT2D eigenvalue weighted by atomic mass is 10.1. The lowest BCUT2D eigenvalue weighted by Gasteiger charge is -2.41. The first-order valence-electron chi connectivity index (χ1n) is 8.65. The molecule has 3 atom stereocenters. The first-order chi connectivity index (χ1) is 10.7. The Bertz CT molecular complexity index is 363. The van der Waals surface area contributed by atoms with Gasteiger partial charge in [-0.05, 0) is 26.2 Å². The highest BCUT2D eigenvalue weighted by atomic mass is 35.5. The number of carbonyl (C=O) groups excluding carboxylic acids is 1. The summed E-state index contributed by atoms with van der Waals surface area (Å²) in [6.45, 7) is 9.69. The molecular weight excluding hydrogens is 353 g/mol. The van der Waals surface area contributed by atoms with Gasteiger partial charge in [0.2, 0.25) is 0 Å². The smallest absolute Gasteiger partial charge is 0.251 e. The Kier molecular flexibility index (Phi) is 12.2. The van der Waals surface area contributed by atoms with Crippen LogP contribution in [0.25, 0.3) is 0 Å². The Morgan fingerprint density at radius 3 is 2.58 bits per heavy atom. The highest BCUT2D eigenvalue weighted by Gasteiger charge is 2.36. The van der Waals surface area contributed by atoms with Gasteiger partial charge in [0.25, 0.3) is 5.91 Å². The Labute approximate surface area is 158 Å². The SMILES string of the molecule is CCOCCN1CCN(C(=O)[C@@H]2CC[C@H](CN)O2)CC1CC.Cl.Cl. The molecule has 144 valence electrons. The van der Waals surface area contributed by atoms with Gasteiger partial charge in [0.1, 0.15) is 6.10 Å². The fourth-order valence-electron chi connectivity index (χ4n) is 3.37. The van der Waals surface area contributed by atoms with Crippen molar-refractivity contribution in [3.8, 4) is 0 Å². The minimum absolute atomic E-state index is 0. The molecule has 0 aromatic carbocycles. The topological polar surface area (TPSA) is 68.0 Å². The predicted octanol–water partition coefficient (Wildman–Crippen LogP) is 1.30. The molecule has 1 unspecified atom stereocenters. The number of piperazine rings is 1. The van der Waals surface area contributed by atoms with E-state index in [0.717, 1.165) is 58.7 Å². The van der Waals surface area contributed by atoms with Crippen LogP contribution in [0, 0.1) is 0 Å². The summed E-state index contributed by atoms with van der Waals surface area (Å²) in [5.41, 5.74) is 5.63. The second-order valence-corrected chi connectivity index (χ2v) is 6.14. The van der Waals surface area contributed by atoms with Gasteiger partial charge in [-0.3, -0.25) is 9.69 Å². The Hall–Kier alpha value is -0.110. The molecule has 6 nitrogen and oxygen atoms in total. The maximum absolute atomic E-state index is 12.6. The zero-order valence-corrected chi connectivity index (χ0v) is 16.4. The summed E-state index contributed by atoms with van der Waals surface area (Å²) in [4.78, 5) is 17.0.